The van der Waals surface area contributed by atoms with Crippen LogP contribution in [-0.4, -0.2) is 47.8 Å². The van der Waals surface area contributed by atoms with Gasteiger partial charge in [0.15, 0.2) is 0 Å². The molecule has 1 saturated heterocycles. The zero-order chi connectivity index (χ0) is 17.7. The number of para-hydroxylation sites is 1. The summed E-state index contributed by atoms with van der Waals surface area (Å²) in [4.78, 5) is 37.1. The van der Waals surface area contributed by atoms with Crippen molar-refractivity contribution in [2.24, 2.45) is 5.73 Å². The van der Waals surface area contributed by atoms with Gasteiger partial charge in [-0.3, -0.25) is 14.4 Å². The minimum absolute atomic E-state index is 0.137. The average Bonchev–Trinajstić information content (AvgIpc) is 3.04. The molecule has 0 saturated carbocycles. The highest BCUT2D eigenvalue weighted by Gasteiger charge is 2.32. The van der Waals surface area contributed by atoms with Crippen molar-refractivity contribution < 1.29 is 14.4 Å². The predicted molar refractivity (Wildman–Crippen MR) is 91.2 cm³/mol. The van der Waals surface area contributed by atoms with Gasteiger partial charge in [0.2, 0.25) is 17.7 Å². The summed E-state index contributed by atoms with van der Waals surface area (Å²) in [5.74, 6) is -1.06. The van der Waals surface area contributed by atoms with Gasteiger partial charge in [-0.1, -0.05) is 18.2 Å². The minimum Gasteiger partial charge on any atom is -0.374 e. The lowest BCUT2D eigenvalue weighted by atomic mass is 10.2. The zero-order valence-electron chi connectivity index (χ0n) is 14.0. The van der Waals surface area contributed by atoms with Crippen LogP contribution >= 0.6 is 0 Å². The molecule has 1 fully saturated rings. The molecule has 2 rings (SSSR count). The third kappa shape index (κ3) is 4.24. The lowest BCUT2D eigenvalue weighted by molar-refractivity contribution is -0.137. The van der Waals surface area contributed by atoms with Gasteiger partial charge in [-0.2, -0.15) is 0 Å². The van der Waals surface area contributed by atoms with Crippen LogP contribution in [0.25, 0.3) is 0 Å². The number of amides is 3. The maximum atomic E-state index is 12.2. The standard InChI is InChI=1S/C17H24N4O3/c1-11-6-3-4-7-13(11)20-12(2)17(24)19-10-15(22)21-9-5-8-14(21)16(18)23/h3-4,6-7,12,14,20H,5,8-10H2,1-2H3,(H2,18,23)(H,19,24)/t12-,14-/m0/s1. The molecular formula is C17H24N4O3. The molecule has 1 aliphatic heterocycles. The number of likely N-dealkylation sites (tertiary alicyclic amines) is 1. The van der Waals surface area contributed by atoms with Gasteiger partial charge in [0, 0.05) is 12.2 Å². The van der Waals surface area contributed by atoms with Gasteiger partial charge in [-0.05, 0) is 38.3 Å². The highest BCUT2D eigenvalue weighted by Crippen LogP contribution is 2.17. The maximum absolute atomic E-state index is 12.2. The number of carbonyl (C=O) groups is 3. The minimum atomic E-state index is -0.558. The fraction of sp³-hybridized carbons (Fsp3) is 0.471. The quantitative estimate of drug-likeness (QED) is 0.701. The number of hydrogen-bond acceptors (Lipinski definition) is 4. The molecule has 0 bridgehead atoms. The van der Waals surface area contributed by atoms with E-state index >= 15 is 0 Å². The summed E-state index contributed by atoms with van der Waals surface area (Å²) >= 11 is 0. The van der Waals surface area contributed by atoms with Gasteiger partial charge >= 0.3 is 0 Å². The van der Waals surface area contributed by atoms with Crippen molar-refractivity contribution in [1.29, 1.82) is 0 Å². The van der Waals surface area contributed by atoms with Gasteiger partial charge in [-0.25, -0.2) is 0 Å². The first-order chi connectivity index (χ1) is 11.4. The molecule has 0 aliphatic carbocycles. The Labute approximate surface area is 141 Å². The number of primary amides is 1. The van der Waals surface area contributed by atoms with Crippen LogP contribution in [-0.2, 0) is 14.4 Å². The van der Waals surface area contributed by atoms with Crippen LogP contribution in [0.15, 0.2) is 24.3 Å². The molecule has 7 heteroatoms. The monoisotopic (exact) mass is 332 g/mol. The van der Waals surface area contributed by atoms with Crippen LogP contribution < -0.4 is 16.4 Å². The Bertz CT molecular complexity index is 632. The van der Waals surface area contributed by atoms with Gasteiger partial charge in [0.1, 0.15) is 12.1 Å². The summed E-state index contributed by atoms with van der Waals surface area (Å²) in [6.07, 6.45) is 1.33. The summed E-state index contributed by atoms with van der Waals surface area (Å²) in [5, 5.41) is 5.73. The SMILES string of the molecule is Cc1ccccc1N[C@@H](C)C(=O)NCC(=O)N1CCC[C@H]1C(N)=O. The van der Waals surface area contributed by atoms with Crippen molar-refractivity contribution >= 4 is 23.4 Å². The van der Waals surface area contributed by atoms with Crippen molar-refractivity contribution in [3.8, 4) is 0 Å². The summed E-state index contributed by atoms with van der Waals surface area (Å²) < 4.78 is 0. The Hall–Kier alpha value is -2.57. The fourth-order valence-corrected chi connectivity index (χ4v) is 2.81. The third-order valence-corrected chi connectivity index (χ3v) is 4.23. The molecule has 1 aromatic rings. The summed E-state index contributed by atoms with van der Waals surface area (Å²) in [7, 11) is 0. The van der Waals surface area contributed by atoms with Crippen LogP contribution in [0, 0.1) is 6.92 Å². The van der Waals surface area contributed by atoms with E-state index in [0.29, 0.717) is 13.0 Å². The normalized spacial score (nSPS) is 18.1. The van der Waals surface area contributed by atoms with Crippen LogP contribution in [0.4, 0.5) is 5.69 Å². The van der Waals surface area contributed by atoms with Crippen LogP contribution in [0.5, 0.6) is 0 Å². The number of nitrogens with one attached hydrogen (secondary N) is 2. The molecule has 4 N–H and O–H groups in total. The van der Waals surface area contributed by atoms with Gasteiger partial charge in [0.25, 0.3) is 0 Å². The van der Waals surface area contributed by atoms with Crippen molar-refractivity contribution in [2.45, 2.75) is 38.8 Å². The van der Waals surface area contributed by atoms with E-state index < -0.39 is 18.0 Å². The van der Waals surface area contributed by atoms with E-state index in [2.05, 4.69) is 10.6 Å². The number of aryl methyl sites for hydroxylation is 1. The Balaban J connectivity index is 1.85. The summed E-state index contributed by atoms with van der Waals surface area (Å²) in [5.41, 5.74) is 7.21. The van der Waals surface area contributed by atoms with Gasteiger partial charge in [-0.15, -0.1) is 0 Å². The largest absolute Gasteiger partial charge is 0.374 e. The molecule has 1 aliphatic rings. The van der Waals surface area contributed by atoms with E-state index in [1.165, 1.54) is 4.90 Å². The van der Waals surface area contributed by atoms with E-state index in [1.807, 2.05) is 31.2 Å². The lowest BCUT2D eigenvalue weighted by Crippen LogP contribution is -2.49. The van der Waals surface area contributed by atoms with E-state index in [9.17, 15) is 14.4 Å². The van der Waals surface area contributed by atoms with Crippen LogP contribution in [0.2, 0.25) is 0 Å². The second kappa shape index (κ2) is 7.81. The van der Waals surface area contributed by atoms with Crippen molar-refractivity contribution in [3.05, 3.63) is 29.8 Å². The molecule has 2 atom stereocenters. The first-order valence-electron chi connectivity index (χ1n) is 8.09. The Morgan fingerprint density at radius 1 is 1.33 bits per heavy atom. The Kier molecular flexibility index (Phi) is 5.78. The molecular weight excluding hydrogens is 308 g/mol. The molecule has 0 aromatic heterocycles. The number of anilines is 1. The molecule has 1 aromatic carbocycles. The van der Waals surface area contributed by atoms with Crippen LogP contribution in [0.3, 0.4) is 0 Å². The topological polar surface area (TPSA) is 105 Å². The first-order valence-corrected chi connectivity index (χ1v) is 8.09. The molecule has 130 valence electrons. The zero-order valence-corrected chi connectivity index (χ0v) is 14.0. The number of rotatable bonds is 6. The van der Waals surface area contributed by atoms with E-state index in [1.54, 1.807) is 6.92 Å². The second-order valence-electron chi connectivity index (χ2n) is 6.05. The van der Waals surface area contributed by atoms with E-state index in [0.717, 1.165) is 17.7 Å². The van der Waals surface area contributed by atoms with E-state index in [4.69, 9.17) is 5.73 Å². The number of carbonyl (C=O) groups excluding carboxylic acids is 3. The second-order valence-corrected chi connectivity index (χ2v) is 6.05. The van der Waals surface area contributed by atoms with Crippen LogP contribution in [0.1, 0.15) is 25.3 Å². The number of hydrogen-bond donors (Lipinski definition) is 3. The number of nitrogens with two attached hydrogens (primary N) is 1. The summed E-state index contributed by atoms with van der Waals surface area (Å²) in [6, 6.07) is 6.62. The van der Waals surface area contributed by atoms with E-state index in [-0.39, 0.29) is 18.4 Å². The third-order valence-electron chi connectivity index (χ3n) is 4.23. The van der Waals surface area contributed by atoms with Crippen molar-refractivity contribution in [2.75, 3.05) is 18.4 Å². The molecule has 1 heterocycles. The van der Waals surface area contributed by atoms with Crippen molar-refractivity contribution in [1.82, 2.24) is 10.2 Å². The molecule has 0 radical (unpaired) electrons. The van der Waals surface area contributed by atoms with Gasteiger partial charge < -0.3 is 21.3 Å². The highest BCUT2D eigenvalue weighted by molar-refractivity contribution is 5.91. The maximum Gasteiger partial charge on any atom is 0.242 e. The predicted octanol–water partition coefficient (Wildman–Crippen LogP) is 0.388. The number of nitrogens with zero attached hydrogens (tertiary/aromatic N) is 1. The average molecular weight is 332 g/mol. The van der Waals surface area contributed by atoms with Gasteiger partial charge in [0.05, 0.1) is 6.54 Å². The molecule has 0 unspecified atom stereocenters. The molecule has 3 amide bonds. The fourth-order valence-electron chi connectivity index (χ4n) is 2.81. The number of benzene rings is 1. The molecule has 24 heavy (non-hydrogen) atoms. The highest BCUT2D eigenvalue weighted by atomic mass is 16.2. The Morgan fingerprint density at radius 2 is 2.04 bits per heavy atom. The lowest BCUT2D eigenvalue weighted by Gasteiger charge is -2.23. The smallest absolute Gasteiger partial charge is 0.242 e. The first kappa shape index (κ1) is 17.8. The summed E-state index contributed by atoms with van der Waals surface area (Å²) in [6.45, 7) is 4.05. The molecule has 7 nitrogen and oxygen atoms in total. The Morgan fingerprint density at radius 3 is 2.71 bits per heavy atom. The molecule has 0 spiro atoms. The van der Waals surface area contributed by atoms with Crippen molar-refractivity contribution in [3.63, 3.8) is 0 Å².